The van der Waals surface area contributed by atoms with Crippen LogP contribution in [0.2, 0.25) is 0 Å². The summed E-state index contributed by atoms with van der Waals surface area (Å²) in [7, 11) is 0. The summed E-state index contributed by atoms with van der Waals surface area (Å²) in [6, 6.07) is 0.385. The van der Waals surface area contributed by atoms with Crippen LogP contribution >= 0.6 is 0 Å². The first-order valence-corrected chi connectivity index (χ1v) is 7.46. The number of aromatic amines is 1. The second kappa shape index (κ2) is 7.07. The second-order valence-corrected chi connectivity index (χ2v) is 5.11. The van der Waals surface area contributed by atoms with Gasteiger partial charge in [-0.3, -0.25) is 0 Å². The molecule has 2 heterocycles. The number of hydrogen-bond donors (Lipinski definition) is 3. The van der Waals surface area contributed by atoms with Crippen molar-refractivity contribution in [2.24, 2.45) is 0 Å². The minimum Gasteiger partial charge on any atom is -0.366 e. The van der Waals surface area contributed by atoms with Gasteiger partial charge in [0, 0.05) is 12.6 Å². The fourth-order valence-electron chi connectivity index (χ4n) is 2.07. The molecular weight excluding hydrogens is 252 g/mol. The molecule has 2 aromatic heterocycles. The summed E-state index contributed by atoms with van der Waals surface area (Å²) in [4.78, 5) is 16.3. The van der Waals surface area contributed by atoms with Crippen LogP contribution in [0.5, 0.6) is 0 Å². The Kier molecular flexibility index (Phi) is 5.15. The van der Waals surface area contributed by atoms with E-state index in [4.69, 9.17) is 0 Å². The van der Waals surface area contributed by atoms with E-state index in [-0.39, 0.29) is 0 Å². The Labute approximate surface area is 119 Å². The molecule has 6 heteroatoms. The lowest BCUT2D eigenvalue weighted by molar-refractivity contribution is 0.643. The molecule has 0 aliphatic heterocycles. The molecule has 0 spiro atoms. The van der Waals surface area contributed by atoms with Crippen molar-refractivity contribution in [1.82, 2.24) is 19.9 Å². The van der Waals surface area contributed by atoms with E-state index in [1.807, 2.05) is 0 Å². The summed E-state index contributed by atoms with van der Waals surface area (Å²) < 4.78 is 0. The van der Waals surface area contributed by atoms with E-state index in [0.29, 0.717) is 17.6 Å². The number of nitrogens with zero attached hydrogens (tertiary/aromatic N) is 3. The van der Waals surface area contributed by atoms with Gasteiger partial charge in [0.15, 0.2) is 11.5 Å². The minimum atomic E-state index is 0.385. The van der Waals surface area contributed by atoms with Crippen LogP contribution in [0.4, 0.5) is 11.8 Å². The fraction of sp³-hybridized carbons (Fsp3) is 0.643. The van der Waals surface area contributed by atoms with Crippen LogP contribution < -0.4 is 10.6 Å². The number of unbranched alkanes of at least 4 members (excludes halogenated alkanes) is 1. The molecule has 1 atom stereocenters. The fourth-order valence-corrected chi connectivity index (χ4v) is 2.07. The summed E-state index contributed by atoms with van der Waals surface area (Å²) in [5.74, 6) is 1.46. The van der Waals surface area contributed by atoms with Gasteiger partial charge in [-0.25, -0.2) is 4.98 Å². The van der Waals surface area contributed by atoms with Crippen molar-refractivity contribution in [3.63, 3.8) is 0 Å². The zero-order chi connectivity index (χ0) is 14.4. The normalized spacial score (nSPS) is 12.6. The standard InChI is InChI=1S/C14H24N6/c1-4-6-7-10(3)18-13-11-12(17-9-16-11)19-14(20-13)15-8-5-2/h9-10H,4-8H2,1-3H3,(H3,15,16,17,18,19,20). The Morgan fingerprint density at radius 2 is 2.10 bits per heavy atom. The van der Waals surface area contributed by atoms with Crippen molar-refractivity contribution in [3.8, 4) is 0 Å². The highest BCUT2D eigenvalue weighted by molar-refractivity contribution is 5.83. The number of fused-ring (bicyclic) bond motifs is 1. The first-order chi connectivity index (χ1) is 9.74. The van der Waals surface area contributed by atoms with Crippen molar-refractivity contribution in [2.45, 2.75) is 52.5 Å². The van der Waals surface area contributed by atoms with Gasteiger partial charge in [-0.05, 0) is 19.8 Å². The van der Waals surface area contributed by atoms with Crippen LogP contribution in [0, 0.1) is 0 Å². The smallest absolute Gasteiger partial charge is 0.226 e. The maximum Gasteiger partial charge on any atom is 0.226 e. The Balaban J connectivity index is 2.18. The molecular formula is C14H24N6. The molecule has 0 bridgehead atoms. The van der Waals surface area contributed by atoms with Gasteiger partial charge in [0.2, 0.25) is 5.95 Å². The zero-order valence-electron chi connectivity index (χ0n) is 12.5. The molecule has 0 radical (unpaired) electrons. The highest BCUT2D eigenvalue weighted by atomic mass is 15.2. The zero-order valence-corrected chi connectivity index (χ0v) is 12.5. The lowest BCUT2D eigenvalue weighted by Crippen LogP contribution is -2.17. The van der Waals surface area contributed by atoms with Crippen molar-refractivity contribution >= 4 is 22.9 Å². The minimum absolute atomic E-state index is 0.385. The summed E-state index contributed by atoms with van der Waals surface area (Å²) >= 11 is 0. The maximum atomic E-state index is 4.55. The van der Waals surface area contributed by atoms with Gasteiger partial charge in [-0.1, -0.05) is 26.7 Å². The average Bonchev–Trinajstić information content (AvgIpc) is 2.91. The number of nitrogens with one attached hydrogen (secondary N) is 3. The van der Waals surface area contributed by atoms with Crippen LogP contribution in [0.15, 0.2) is 6.33 Å². The predicted octanol–water partition coefficient (Wildman–Crippen LogP) is 3.17. The Bertz CT molecular complexity index is 535. The summed E-state index contributed by atoms with van der Waals surface area (Å²) in [6.07, 6.45) is 6.25. The molecule has 0 fully saturated rings. The third kappa shape index (κ3) is 3.59. The molecule has 6 nitrogen and oxygen atoms in total. The van der Waals surface area contributed by atoms with E-state index in [0.717, 1.165) is 30.7 Å². The molecule has 3 N–H and O–H groups in total. The van der Waals surface area contributed by atoms with Crippen molar-refractivity contribution in [1.29, 1.82) is 0 Å². The first kappa shape index (κ1) is 14.6. The van der Waals surface area contributed by atoms with Crippen molar-refractivity contribution in [3.05, 3.63) is 6.33 Å². The number of imidazole rings is 1. The monoisotopic (exact) mass is 276 g/mol. The van der Waals surface area contributed by atoms with Crippen LogP contribution in [0.25, 0.3) is 11.2 Å². The molecule has 1 unspecified atom stereocenters. The van der Waals surface area contributed by atoms with E-state index < -0.39 is 0 Å². The highest BCUT2D eigenvalue weighted by Crippen LogP contribution is 2.20. The van der Waals surface area contributed by atoms with Crippen LogP contribution in [0.3, 0.4) is 0 Å². The number of anilines is 2. The lowest BCUT2D eigenvalue weighted by atomic mass is 10.1. The van der Waals surface area contributed by atoms with Gasteiger partial charge >= 0.3 is 0 Å². The van der Waals surface area contributed by atoms with Gasteiger partial charge in [0.1, 0.15) is 5.52 Å². The van der Waals surface area contributed by atoms with Crippen molar-refractivity contribution in [2.75, 3.05) is 17.2 Å². The number of hydrogen-bond acceptors (Lipinski definition) is 5. The third-order valence-electron chi connectivity index (χ3n) is 3.19. The predicted molar refractivity (Wildman–Crippen MR) is 83.1 cm³/mol. The van der Waals surface area contributed by atoms with Gasteiger partial charge < -0.3 is 15.6 Å². The highest BCUT2D eigenvalue weighted by Gasteiger charge is 2.11. The van der Waals surface area contributed by atoms with E-state index >= 15 is 0 Å². The molecule has 0 aliphatic carbocycles. The molecule has 110 valence electrons. The molecule has 0 amide bonds. The Hall–Kier alpha value is -1.85. The molecule has 0 aliphatic rings. The molecule has 20 heavy (non-hydrogen) atoms. The number of rotatable bonds is 8. The third-order valence-corrected chi connectivity index (χ3v) is 3.19. The molecule has 2 rings (SSSR count). The van der Waals surface area contributed by atoms with Gasteiger partial charge in [-0.2, -0.15) is 9.97 Å². The Morgan fingerprint density at radius 3 is 2.85 bits per heavy atom. The number of H-pyrrole nitrogens is 1. The van der Waals surface area contributed by atoms with E-state index in [9.17, 15) is 0 Å². The van der Waals surface area contributed by atoms with Crippen LogP contribution in [0.1, 0.15) is 46.5 Å². The topological polar surface area (TPSA) is 78.5 Å². The van der Waals surface area contributed by atoms with Crippen LogP contribution in [-0.2, 0) is 0 Å². The molecule has 0 saturated heterocycles. The van der Waals surface area contributed by atoms with Gasteiger partial charge in [0.25, 0.3) is 0 Å². The first-order valence-electron chi connectivity index (χ1n) is 7.46. The summed E-state index contributed by atoms with van der Waals surface area (Å²) in [5, 5.41) is 6.68. The average molecular weight is 276 g/mol. The lowest BCUT2D eigenvalue weighted by Gasteiger charge is -2.15. The van der Waals surface area contributed by atoms with E-state index in [2.05, 4.69) is 51.3 Å². The Morgan fingerprint density at radius 1 is 1.25 bits per heavy atom. The van der Waals surface area contributed by atoms with Gasteiger partial charge in [-0.15, -0.1) is 0 Å². The molecule has 0 aromatic carbocycles. The quantitative estimate of drug-likeness (QED) is 0.690. The summed E-state index contributed by atoms with van der Waals surface area (Å²) in [6.45, 7) is 7.36. The molecule has 0 saturated carbocycles. The second-order valence-electron chi connectivity index (χ2n) is 5.11. The van der Waals surface area contributed by atoms with Gasteiger partial charge in [0.05, 0.1) is 6.33 Å². The van der Waals surface area contributed by atoms with E-state index in [1.54, 1.807) is 6.33 Å². The largest absolute Gasteiger partial charge is 0.366 e. The van der Waals surface area contributed by atoms with Crippen molar-refractivity contribution < 1.29 is 0 Å². The molecule has 2 aromatic rings. The maximum absolute atomic E-state index is 4.55. The number of aromatic nitrogens is 4. The van der Waals surface area contributed by atoms with Crippen LogP contribution in [-0.4, -0.2) is 32.5 Å². The SMILES string of the molecule is CCCCC(C)Nc1nc(NCCC)nc2nc[nH]c12. The van der Waals surface area contributed by atoms with E-state index in [1.165, 1.54) is 12.8 Å². The summed E-state index contributed by atoms with van der Waals surface area (Å²) in [5.41, 5.74) is 1.57.